The molecule has 0 aliphatic carbocycles. The number of halogens is 1. The van der Waals surface area contributed by atoms with Gasteiger partial charge >= 0.3 is 5.97 Å². The second-order valence-corrected chi connectivity index (χ2v) is 19.9. The first-order valence-electron chi connectivity index (χ1n) is 27.7. The van der Waals surface area contributed by atoms with Crippen LogP contribution in [-0.4, -0.2) is 19.2 Å². The van der Waals surface area contributed by atoms with Crippen molar-refractivity contribution in [2.24, 2.45) is 0 Å². The number of hydrogen-bond donors (Lipinski definition) is 0. The van der Waals surface area contributed by atoms with Crippen molar-refractivity contribution in [3.63, 3.8) is 0 Å². The zero-order valence-electron chi connectivity index (χ0n) is 46.3. The molecular formula is C72H61FO11. The van der Waals surface area contributed by atoms with Gasteiger partial charge in [-0.05, 0) is 51.1 Å². The summed E-state index contributed by atoms with van der Waals surface area (Å²) in [6.45, 7) is 1.00. The van der Waals surface area contributed by atoms with Crippen molar-refractivity contribution in [3.05, 3.63) is 304 Å². The molecule has 0 N–H and O–H groups in total. The lowest BCUT2D eigenvalue weighted by Gasteiger charge is -2.35. The molecule has 11 nitrogen and oxygen atoms in total. The Hall–Kier alpha value is -10.2. The molecule has 0 aromatic heterocycles. The van der Waals surface area contributed by atoms with Crippen molar-refractivity contribution in [2.45, 2.75) is 64.9 Å². The summed E-state index contributed by atoms with van der Waals surface area (Å²) >= 11 is 0. The number of ether oxygens (including phenoxy) is 10. The van der Waals surface area contributed by atoms with Crippen LogP contribution in [0.25, 0.3) is 0 Å². The van der Waals surface area contributed by atoms with Gasteiger partial charge in [0.2, 0.25) is 17.2 Å². The van der Waals surface area contributed by atoms with Gasteiger partial charge in [-0.15, -0.1) is 0 Å². The quantitative estimate of drug-likeness (QED) is 0.0510. The van der Waals surface area contributed by atoms with Crippen LogP contribution in [0.1, 0.15) is 66.5 Å². The van der Waals surface area contributed by atoms with E-state index in [4.69, 9.17) is 47.4 Å². The second-order valence-electron chi connectivity index (χ2n) is 19.9. The normalized spacial score (nSPS) is 13.3. The smallest absolute Gasteiger partial charge is 0.341 e. The van der Waals surface area contributed by atoms with Crippen LogP contribution >= 0.6 is 0 Å². The zero-order valence-corrected chi connectivity index (χ0v) is 46.3. The van der Waals surface area contributed by atoms with Crippen molar-refractivity contribution in [1.82, 2.24) is 0 Å². The fourth-order valence-corrected chi connectivity index (χ4v) is 9.64. The third-order valence-corrected chi connectivity index (χ3v) is 14.0. The maximum absolute atomic E-state index is 17.6. The van der Waals surface area contributed by atoms with Gasteiger partial charge in [-0.2, -0.15) is 0 Å². The van der Waals surface area contributed by atoms with Gasteiger partial charge in [0.15, 0.2) is 29.2 Å². The summed E-state index contributed by atoms with van der Waals surface area (Å²) in [4.78, 5) is 15.2. The number of benzene rings is 10. The van der Waals surface area contributed by atoms with Gasteiger partial charge in [-0.3, -0.25) is 0 Å². The molecule has 11 rings (SSSR count). The van der Waals surface area contributed by atoms with Crippen molar-refractivity contribution in [2.75, 3.05) is 7.11 Å². The topological polar surface area (TPSA) is 109 Å². The average molecular weight is 1120 g/mol. The summed E-state index contributed by atoms with van der Waals surface area (Å²) in [6.07, 6.45) is -2.22. The molecule has 84 heavy (non-hydrogen) atoms. The molecule has 0 amide bonds. The van der Waals surface area contributed by atoms with E-state index in [2.05, 4.69) is 0 Å². The molecule has 2 atom stereocenters. The standard InChI is InChI=1S/C72H61FO11/c1-75-63-42-60(67(73)71(82-49-56-35-21-8-22-36-56)70(63)81-48-55-33-19-7-20-34-55)72(74)84-66-41-59-61(77-44-51-25-11-3-12-26-51)39-58(76-43-50-23-9-2-10-24-50)40-62(59)83-68(66)57-37-64(78-45-52-27-13-4-14-28-52)69(80-47-54-31-17-6-18-32-54)65(38-57)79-46-53-29-15-5-16-30-53/h2-40,42,66,68H,41,43-49H2,1H3/t66-,68+/m1/s1. The maximum Gasteiger partial charge on any atom is 0.341 e. The van der Waals surface area contributed by atoms with Crippen molar-refractivity contribution in [1.29, 1.82) is 0 Å². The van der Waals surface area contributed by atoms with Crippen LogP contribution in [0.15, 0.2) is 243 Å². The minimum Gasteiger partial charge on any atom is -0.493 e. The van der Waals surface area contributed by atoms with Gasteiger partial charge < -0.3 is 47.4 Å². The maximum atomic E-state index is 17.6. The molecule has 0 saturated carbocycles. The SMILES string of the molecule is COc1cc(C(=O)O[C@@H]2Cc3c(OCc4ccccc4)cc(OCc4ccccc4)cc3O[C@H]2c2cc(OCc3ccccc3)c(OCc3ccccc3)c(OCc3ccccc3)c2)c(F)c(OCc2ccccc2)c1OCc1ccccc1. The van der Waals surface area contributed by atoms with Crippen LogP contribution in [0.3, 0.4) is 0 Å². The first-order valence-corrected chi connectivity index (χ1v) is 27.7. The third kappa shape index (κ3) is 14.3. The van der Waals surface area contributed by atoms with Crippen LogP contribution in [0, 0.1) is 5.82 Å². The predicted molar refractivity (Wildman–Crippen MR) is 318 cm³/mol. The van der Waals surface area contributed by atoms with E-state index in [1.165, 1.54) is 13.2 Å². The molecule has 0 saturated heterocycles. The summed E-state index contributed by atoms with van der Waals surface area (Å²) in [6, 6.07) is 76.2. The Bertz CT molecular complexity index is 3660. The lowest BCUT2D eigenvalue weighted by atomic mass is 9.93. The Morgan fingerprint density at radius 3 is 1.20 bits per heavy atom. The number of hydrogen-bond acceptors (Lipinski definition) is 11. The highest BCUT2D eigenvalue weighted by molar-refractivity contribution is 5.92. The summed E-state index contributed by atoms with van der Waals surface area (Å²) in [5, 5.41) is 0. The minimum absolute atomic E-state index is 0.0229. The minimum atomic E-state index is -1.16. The average Bonchev–Trinajstić information content (AvgIpc) is 3.37. The lowest BCUT2D eigenvalue weighted by Crippen LogP contribution is -2.35. The molecule has 1 heterocycles. The second kappa shape index (κ2) is 27.5. The highest BCUT2D eigenvalue weighted by atomic mass is 19.1. The number of methoxy groups -OCH3 is 1. The van der Waals surface area contributed by atoms with E-state index < -0.39 is 29.6 Å². The molecule has 1 aliphatic heterocycles. The Balaban J connectivity index is 1.03. The number of carbonyl (C=O) groups excluding carboxylic acids is 1. The van der Waals surface area contributed by atoms with Gasteiger partial charge in [0.1, 0.15) is 75.2 Å². The van der Waals surface area contributed by atoms with Crippen LogP contribution in [-0.2, 0) is 57.4 Å². The van der Waals surface area contributed by atoms with E-state index in [1.807, 2.05) is 237 Å². The van der Waals surface area contributed by atoms with Crippen molar-refractivity contribution < 1.29 is 56.6 Å². The van der Waals surface area contributed by atoms with E-state index >= 15 is 9.18 Å². The van der Waals surface area contributed by atoms with E-state index in [0.29, 0.717) is 45.6 Å². The molecule has 1 aliphatic rings. The monoisotopic (exact) mass is 1120 g/mol. The number of fused-ring (bicyclic) bond motifs is 1. The van der Waals surface area contributed by atoms with Gasteiger partial charge in [0.25, 0.3) is 0 Å². The molecular weight excluding hydrogens is 1060 g/mol. The molecule has 0 radical (unpaired) electrons. The Kier molecular flexibility index (Phi) is 18.2. The summed E-state index contributed by atoms with van der Waals surface area (Å²) < 4.78 is 83.2. The summed E-state index contributed by atoms with van der Waals surface area (Å²) in [5.41, 5.74) is 6.82. The van der Waals surface area contributed by atoms with E-state index in [-0.39, 0.29) is 69.9 Å². The Morgan fingerprint density at radius 1 is 0.417 bits per heavy atom. The fourth-order valence-electron chi connectivity index (χ4n) is 9.64. The van der Waals surface area contributed by atoms with E-state index in [1.54, 1.807) is 0 Å². The lowest BCUT2D eigenvalue weighted by molar-refractivity contribution is -0.0195. The van der Waals surface area contributed by atoms with Crippen LogP contribution < -0.4 is 42.6 Å². The molecule has 12 heteroatoms. The predicted octanol–water partition coefficient (Wildman–Crippen LogP) is 15.8. The number of esters is 1. The highest BCUT2D eigenvalue weighted by Crippen LogP contribution is 2.49. The first kappa shape index (κ1) is 55.7. The summed E-state index contributed by atoms with van der Waals surface area (Å²) in [7, 11) is 1.41. The zero-order chi connectivity index (χ0) is 57.3. The van der Waals surface area contributed by atoms with Gasteiger partial charge in [0, 0.05) is 35.7 Å². The van der Waals surface area contributed by atoms with E-state index in [0.717, 1.165) is 38.9 Å². The first-order chi connectivity index (χ1) is 41.4. The van der Waals surface area contributed by atoms with Gasteiger partial charge in [0.05, 0.1) is 7.11 Å². The number of carbonyl (C=O) groups is 1. The molecule has 0 fully saturated rings. The molecule has 0 unspecified atom stereocenters. The van der Waals surface area contributed by atoms with Gasteiger partial charge in [-0.25, -0.2) is 9.18 Å². The van der Waals surface area contributed by atoms with Crippen LogP contribution in [0.4, 0.5) is 4.39 Å². The van der Waals surface area contributed by atoms with Crippen LogP contribution in [0.2, 0.25) is 0 Å². The molecule has 10 aromatic carbocycles. The van der Waals surface area contributed by atoms with Crippen LogP contribution in [0.5, 0.6) is 51.7 Å². The third-order valence-electron chi connectivity index (χ3n) is 14.0. The van der Waals surface area contributed by atoms with Crippen molar-refractivity contribution in [3.8, 4) is 51.7 Å². The molecule has 0 spiro atoms. The Morgan fingerprint density at radius 2 is 0.786 bits per heavy atom. The highest BCUT2D eigenvalue weighted by Gasteiger charge is 2.39. The Labute approximate surface area is 488 Å². The fraction of sp³-hybridized carbons (Fsp3) is 0.153. The molecule has 10 aromatic rings. The van der Waals surface area contributed by atoms with E-state index in [9.17, 15) is 0 Å². The van der Waals surface area contributed by atoms with Crippen molar-refractivity contribution >= 4 is 5.97 Å². The number of rotatable bonds is 25. The largest absolute Gasteiger partial charge is 0.493 e. The summed E-state index contributed by atoms with van der Waals surface area (Å²) in [5.74, 6) is 0.0188. The molecule has 422 valence electrons. The van der Waals surface area contributed by atoms with Gasteiger partial charge in [-0.1, -0.05) is 212 Å². The molecule has 0 bridgehead atoms.